The van der Waals surface area contributed by atoms with Gasteiger partial charge in [0.05, 0.1) is 6.61 Å². The molecule has 19 heavy (non-hydrogen) atoms. The maximum absolute atomic E-state index is 9.01. The van der Waals surface area contributed by atoms with Gasteiger partial charge in [-0.1, -0.05) is 62.5 Å². The second kappa shape index (κ2) is 11.8. The molecule has 0 bridgehead atoms. The normalized spacial score (nSPS) is 9.58. The lowest BCUT2D eigenvalue weighted by Crippen LogP contribution is -1.93. The predicted molar refractivity (Wildman–Crippen MR) is 87.2 cm³/mol. The molecule has 0 saturated carbocycles. The van der Waals surface area contributed by atoms with E-state index in [-0.39, 0.29) is 14.0 Å². The number of halogens is 1. The molecule has 0 heterocycles. The summed E-state index contributed by atoms with van der Waals surface area (Å²) < 4.78 is 6.36. The number of aliphatic hydroxyl groups excluding tert-OH is 1. The average Bonchev–Trinajstić information content (AvgIpc) is 2.41. The molecule has 0 saturated heterocycles. The number of ether oxygens (including phenoxy) is 1. The summed E-state index contributed by atoms with van der Waals surface area (Å²) in [4.78, 5) is 0. The van der Waals surface area contributed by atoms with Gasteiger partial charge in [0.2, 0.25) is 0 Å². The number of allylic oxidation sites excluding steroid dienone is 3. The summed E-state index contributed by atoms with van der Waals surface area (Å²) in [7, 11) is 0. The first-order valence-electron chi connectivity index (χ1n) is 5.73. The second-order valence-corrected chi connectivity index (χ2v) is 3.88. The zero-order chi connectivity index (χ0) is 14.0. The highest BCUT2D eigenvalue weighted by Gasteiger charge is 2.02. The number of hydrogen-bond acceptors (Lipinski definition) is 2. The van der Waals surface area contributed by atoms with Crippen molar-refractivity contribution in [3.8, 4) is 5.75 Å². The summed E-state index contributed by atoms with van der Waals surface area (Å²) >= 11 is 3.35. The Kier molecular flexibility index (Phi) is 12.4. The SMILES string of the molecule is C.C=C/C=C(\C=C)Oc1ccc(CO)c(Br)c1.CC. The van der Waals surface area contributed by atoms with Gasteiger partial charge in [0.25, 0.3) is 0 Å². The Balaban J connectivity index is 0. The molecule has 0 fully saturated rings. The van der Waals surface area contributed by atoms with Crippen LogP contribution in [0.4, 0.5) is 0 Å². The molecule has 2 nitrogen and oxygen atoms in total. The minimum atomic E-state index is -0.00231. The third-order valence-electron chi connectivity index (χ3n) is 1.91. The van der Waals surface area contributed by atoms with Crippen LogP contribution in [0.15, 0.2) is 59.8 Å². The van der Waals surface area contributed by atoms with Crippen molar-refractivity contribution in [3.05, 3.63) is 65.4 Å². The highest BCUT2D eigenvalue weighted by atomic mass is 79.9. The summed E-state index contributed by atoms with van der Waals surface area (Å²) in [6.07, 6.45) is 4.96. The fraction of sp³-hybridized carbons (Fsp3) is 0.250. The average molecular weight is 327 g/mol. The van der Waals surface area contributed by atoms with E-state index in [9.17, 15) is 0 Å². The van der Waals surface area contributed by atoms with Crippen molar-refractivity contribution >= 4 is 15.9 Å². The molecular formula is C16H23BrO2. The molecule has 0 radical (unpaired) electrons. The number of aliphatic hydroxyl groups is 1. The minimum Gasteiger partial charge on any atom is -0.457 e. The van der Waals surface area contributed by atoms with Crippen molar-refractivity contribution < 1.29 is 9.84 Å². The lowest BCUT2D eigenvalue weighted by Gasteiger charge is -2.08. The van der Waals surface area contributed by atoms with Crippen LogP contribution in [0.2, 0.25) is 0 Å². The van der Waals surface area contributed by atoms with Crippen LogP contribution >= 0.6 is 15.9 Å². The summed E-state index contributed by atoms with van der Waals surface area (Å²) in [5.74, 6) is 1.30. The van der Waals surface area contributed by atoms with Crippen LogP contribution in [0.1, 0.15) is 26.8 Å². The first-order valence-corrected chi connectivity index (χ1v) is 6.53. The lowest BCUT2D eigenvalue weighted by atomic mass is 10.2. The standard InChI is InChI=1S/C13H13BrO2.C2H6.CH4/c1-3-5-11(4-2)16-12-7-6-10(9-15)13(14)8-12;1-2;/h3-8,15H,1-2,9H2;1-2H3;1H4/b11-5+;;. The lowest BCUT2D eigenvalue weighted by molar-refractivity contribution is 0.281. The fourth-order valence-electron chi connectivity index (χ4n) is 1.12. The Labute approximate surface area is 125 Å². The van der Waals surface area contributed by atoms with Gasteiger partial charge < -0.3 is 9.84 Å². The molecule has 0 aliphatic carbocycles. The molecule has 1 rings (SSSR count). The van der Waals surface area contributed by atoms with Gasteiger partial charge in [0.1, 0.15) is 11.5 Å². The molecule has 1 N–H and O–H groups in total. The van der Waals surface area contributed by atoms with Gasteiger partial charge in [0, 0.05) is 4.47 Å². The van der Waals surface area contributed by atoms with Crippen LogP contribution in [-0.2, 0) is 6.61 Å². The number of hydrogen-bond donors (Lipinski definition) is 1. The maximum Gasteiger partial charge on any atom is 0.128 e. The van der Waals surface area contributed by atoms with Gasteiger partial charge >= 0.3 is 0 Å². The first-order chi connectivity index (χ1) is 8.71. The monoisotopic (exact) mass is 326 g/mol. The van der Waals surface area contributed by atoms with Crippen LogP contribution in [0.3, 0.4) is 0 Å². The Morgan fingerprint density at radius 3 is 2.42 bits per heavy atom. The summed E-state index contributed by atoms with van der Waals surface area (Å²) in [6.45, 7) is 11.2. The molecule has 3 heteroatoms. The van der Waals surface area contributed by atoms with Crippen LogP contribution in [0.5, 0.6) is 5.75 Å². The van der Waals surface area contributed by atoms with Crippen molar-refractivity contribution in [2.24, 2.45) is 0 Å². The van der Waals surface area contributed by atoms with Crippen molar-refractivity contribution in [1.29, 1.82) is 0 Å². The highest BCUT2D eigenvalue weighted by molar-refractivity contribution is 9.10. The van der Waals surface area contributed by atoms with Crippen molar-refractivity contribution in [2.75, 3.05) is 0 Å². The fourth-order valence-corrected chi connectivity index (χ4v) is 1.60. The summed E-state index contributed by atoms with van der Waals surface area (Å²) in [5, 5.41) is 9.01. The second-order valence-electron chi connectivity index (χ2n) is 3.02. The van der Waals surface area contributed by atoms with Gasteiger partial charge in [0.15, 0.2) is 0 Å². The Bertz CT molecular complexity index is 423. The molecule has 0 aromatic heterocycles. The smallest absolute Gasteiger partial charge is 0.128 e. The molecule has 0 unspecified atom stereocenters. The largest absolute Gasteiger partial charge is 0.457 e. The zero-order valence-corrected chi connectivity index (χ0v) is 12.4. The van der Waals surface area contributed by atoms with Gasteiger partial charge in [-0.25, -0.2) is 0 Å². The number of rotatable bonds is 5. The van der Waals surface area contributed by atoms with E-state index < -0.39 is 0 Å². The Hall–Kier alpha value is -1.32. The highest BCUT2D eigenvalue weighted by Crippen LogP contribution is 2.24. The van der Waals surface area contributed by atoms with E-state index in [2.05, 4.69) is 29.1 Å². The van der Waals surface area contributed by atoms with Gasteiger partial charge in [-0.15, -0.1) is 0 Å². The molecule has 0 atom stereocenters. The topological polar surface area (TPSA) is 29.5 Å². The van der Waals surface area contributed by atoms with Crippen molar-refractivity contribution in [3.63, 3.8) is 0 Å². The zero-order valence-electron chi connectivity index (χ0n) is 10.8. The van der Waals surface area contributed by atoms with E-state index in [1.165, 1.54) is 0 Å². The molecule has 0 amide bonds. The first kappa shape index (κ1) is 20.0. The van der Waals surface area contributed by atoms with Crippen LogP contribution < -0.4 is 4.74 Å². The van der Waals surface area contributed by atoms with Gasteiger partial charge in [-0.05, 0) is 29.8 Å². The van der Waals surface area contributed by atoms with Gasteiger partial charge in [-0.2, -0.15) is 0 Å². The van der Waals surface area contributed by atoms with E-state index in [1.807, 2.05) is 13.8 Å². The van der Waals surface area contributed by atoms with Crippen molar-refractivity contribution in [1.82, 2.24) is 0 Å². The molecule has 0 aliphatic rings. The third kappa shape index (κ3) is 6.99. The molecule has 0 aliphatic heterocycles. The third-order valence-corrected chi connectivity index (χ3v) is 2.65. The van der Waals surface area contributed by atoms with E-state index >= 15 is 0 Å². The number of benzene rings is 1. The van der Waals surface area contributed by atoms with E-state index in [4.69, 9.17) is 9.84 Å². The summed E-state index contributed by atoms with van der Waals surface area (Å²) in [6, 6.07) is 5.39. The van der Waals surface area contributed by atoms with Crippen LogP contribution in [0.25, 0.3) is 0 Å². The Morgan fingerprint density at radius 2 is 2.00 bits per heavy atom. The molecule has 1 aromatic carbocycles. The van der Waals surface area contributed by atoms with Crippen LogP contribution in [-0.4, -0.2) is 5.11 Å². The Morgan fingerprint density at radius 1 is 1.37 bits per heavy atom. The van der Waals surface area contributed by atoms with E-state index in [0.717, 1.165) is 10.0 Å². The molecule has 1 aromatic rings. The van der Waals surface area contributed by atoms with E-state index in [0.29, 0.717) is 11.5 Å². The van der Waals surface area contributed by atoms with Gasteiger partial charge in [-0.3, -0.25) is 0 Å². The van der Waals surface area contributed by atoms with Crippen molar-refractivity contribution in [2.45, 2.75) is 27.9 Å². The molecular weight excluding hydrogens is 304 g/mol. The van der Waals surface area contributed by atoms with Crippen LogP contribution in [0, 0.1) is 0 Å². The quantitative estimate of drug-likeness (QED) is 0.592. The summed E-state index contributed by atoms with van der Waals surface area (Å²) in [5.41, 5.74) is 0.820. The molecule has 106 valence electrons. The van der Waals surface area contributed by atoms with E-state index in [1.54, 1.807) is 36.4 Å². The molecule has 0 spiro atoms. The minimum absolute atomic E-state index is 0. The maximum atomic E-state index is 9.01. The predicted octanol–water partition coefficient (Wildman–Crippen LogP) is 5.24.